The van der Waals surface area contributed by atoms with Gasteiger partial charge in [0.05, 0.1) is 11.0 Å². The van der Waals surface area contributed by atoms with Crippen LogP contribution in [0, 0.1) is 0 Å². The second-order valence-corrected chi connectivity index (χ2v) is 8.71. The van der Waals surface area contributed by atoms with Gasteiger partial charge in [0.2, 0.25) is 0 Å². The van der Waals surface area contributed by atoms with Gasteiger partial charge >= 0.3 is 0 Å². The summed E-state index contributed by atoms with van der Waals surface area (Å²) in [4.78, 5) is 0. The highest BCUT2D eigenvalue weighted by atomic mass is 16.3. The zero-order chi connectivity index (χ0) is 25.1. The quantitative estimate of drug-likeness (QED) is 0.178. The predicted octanol–water partition coefficient (Wildman–Crippen LogP) is 5.29. The van der Waals surface area contributed by atoms with Crippen molar-refractivity contribution >= 4 is 21.5 Å². The smallest absolute Gasteiger partial charge is 0.127 e. The summed E-state index contributed by atoms with van der Waals surface area (Å²) in [7, 11) is 0. The van der Waals surface area contributed by atoms with Crippen molar-refractivity contribution in [3.63, 3.8) is 0 Å². The lowest BCUT2D eigenvalue weighted by molar-refractivity contribution is 0.399. The molecule has 0 aliphatic rings. The van der Waals surface area contributed by atoms with Gasteiger partial charge in [-0.3, -0.25) is 0 Å². The van der Waals surface area contributed by atoms with Crippen LogP contribution >= 0.6 is 0 Å². The fraction of sp³-hybridized carbons (Fsp3) is 0.0714. The van der Waals surface area contributed by atoms with Crippen molar-refractivity contribution in [2.24, 2.45) is 0 Å². The molecule has 0 unspecified atom stereocenters. The second kappa shape index (κ2) is 7.63. The molecule has 35 heavy (non-hydrogen) atoms. The molecule has 5 aromatic rings. The van der Waals surface area contributed by atoms with Crippen LogP contribution in [0.3, 0.4) is 0 Å². The van der Waals surface area contributed by atoms with Crippen LogP contribution in [-0.2, 0) is 5.41 Å². The van der Waals surface area contributed by atoms with Crippen LogP contribution in [0.25, 0.3) is 21.5 Å². The van der Waals surface area contributed by atoms with E-state index in [9.17, 15) is 35.7 Å². The normalized spacial score (nSPS) is 11.8. The van der Waals surface area contributed by atoms with Crippen molar-refractivity contribution in [3.8, 4) is 40.2 Å². The van der Waals surface area contributed by atoms with Crippen molar-refractivity contribution in [2.45, 2.75) is 12.3 Å². The molecule has 5 aromatic carbocycles. The molecule has 0 atom stereocenters. The van der Waals surface area contributed by atoms with Gasteiger partial charge in [0.1, 0.15) is 40.2 Å². The van der Waals surface area contributed by atoms with Gasteiger partial charge in [-0.2, -0.15) is 0 Å². The minimum absolute atomic E-state index is 0.0781. The summed E-state index contributed by atoms with van der Waals surface area (Å²) >= 11 is 0. The Hall–Kier alpha value is -4.78. The SMILES string of the molecule is CC(c1c(O)cc(O)cc1O)(c1c(O)ccc2ccc(O)cc12)c1c(O)ccc2ccc(O)cc12. The number of rotatable bonds is 3. The van der Waals surface area contributed by atoms with Gasteiger partial charge in [0, 0.05) is 23.3 Å². The van der Waals surface area contributed by atoms with Crippen LogP contribution in [0.1, 0.15) is 23.6 Å². The first-order valence-electron chi connectivity index (χ1n) is 10.8. The molecule has 0 saturated carbocycles. The van der Waals surface area contributed by atoms with Crippen molar-refractivity contribution in [3.05, 3.63) is 89.5 Å². The highest BCUT2D eigenvalue weighted by Crippen LogP contribution is 2.55. The molecule has 0 saturated heterocycles. The summed E-state index contributed by atoms with van der Waals surface area (Å²) in [5.41, 5.74) is -1.41. The second-order valence-electron chi connectivity index (χ2n) is 8.71. The summed E-state index contributed by atoms with van der Waals surface area (Å²) in [6, 6.07) is 17.5. The van der Waals surface area contributed by atoms with Gasteiger partial charge in [0.25, 0.3) is 0 Å². The third kappa shape index (κ3) is 3.28. The van der Waals surface area contributed by atoms with Gasteiger partial charge in [-0.05, 0) is 64.9 Å². The lowest BCUT2D eigenvalue weighted by Gasteiger charge is -2.35. The molecule has 176 valence electrons. The van der Waals surface area contributed by atoms with Crippen molar-refractivity contribution in [1.29, 1.82) is 0 Å². The summed E-state index contributed by atoms with van der Waals surface area (Å²) in [5, 5.41) is 76.9. The maximum atomic E-state index is 11.2. The van der Waals surface area contributed by atoms with E-state index in [0.717, 1.165) is 12.1 Å². The number of phenols is 7. The van der Waals surface area contributed by atoms with E-state index in [1.807, 2.05) is 0 Å². The maximum Gasteiger partial charge on any atom is 0.127 e. The molecule has 0 amide bonds. The molecule has 0 aromatic heterocycles. The molecule has 0 aliphatic heterocycles. The number of hydrogen-bond acceptors (Lipinski definition) is 7. The first kappa shape index (κ1) is 22.0. The van der Waals surface area contributed by atoms with E-state index < -0.39 is 16.9 Å². The van der Waals surface area contributed by atoms with Crippen LogP contribution in [0.2, 0.25) is 0 Å². The first-order chi connectivity index (χ1) is 16.6. The van der Waals surface area contributed by atoms with E-state index in [-0.39, 0.29) is 45.4 Å². The molecule has 0 spiro atoms. The molecule has 0 heterocycles. The number of phenolic OH excluding ortho intramolecular Hbond substituents is 7. The zero-order valence-corrected chi connectivity index (χ0v) is 18.6. The molecule has 0 fully saturated rings. The summed E-state index contributed by atoms with van der Waals surface area (Å²) in [6.07, 6.45) is 0. The average molecular weight is 470 g/mol. The van der Waals surface area contributed by atoms with E-state index in [2.05, 4.69) is 0 Å². The van der Waals surface area contributed by atoms with Crippen LogP contribution in [0.15, 0.2) is 72.8 Å². The topological polar surface area (TPSA) is 142 Å². The highest BCUT2D eigenvalue weighted by Gasteiger charge is 2.42. The molecule has 0 radical (unpaired) electrons. The number of fused-ring (bicyclic) bond motifs is 2. The Labute approximate surface area is 199 Å². The Balaban J connectivity index is 2.06. The Bertz CT molecular complexity index is 1510. The van der Waals surface area contributed by atoms with Gasteiger partial charge in [-0.25, -0.2) is 0 Å². The Kier molecular flexibility index (Phi) is 4.80. The largest absolute Gasteiger partial charge is 0.508 e. The number of aromatic hydroxyl groups is 7. The van der Waals surface area contributed by atoms with Crippen LogP contribution in [0.5, 0.6) is 40.2 Å². The molecular weight excluding hydrogens is 448 g/mol. The average Bonchev–Trinajstić information content (AvgIpc) is 2.77. The van der Waals surface area contributed by atoms with Crippen molar-refractivity contribution in [2.75, 3.05) is 0 Å². The highest BCUT2D eigenvalue weighted by molar-refractivity contribution is 5.96. The monoisotopic (exact) mass is 470 g/mol. The summed E-state index contributed by atoms with van der Waals surface area (Å²) < 4.78 is 0. The fourth-order valence-electron chi connectivity index (χ4n) is 5.13. The standard InChI is InChI=1S/C28H22O7/c1-28(27-23(34)12-18(31)13-24(27)35,25-19-10-16(29)6-2-14(19)4-8-21(25)32)26-20-11-17(30)7-3-15(20)5-9-22(26)33/h2-13,29-35H,1H3. The minimum Gasteiger partial charge on any atom is -0.508 e. The summed E-state index contributed by atoms with van der Waals surface area (Å²) in [6.45, 7) is 1.59. The lowest BCUT2D eigenvalue weighted by atomic mass is 9.67. The molecule has 7 N–H and O–H groups in total. The van der Waals surface area contributed by atoms with E-state index in [4.69, 9.17) is 0 Å². The Morgan fingerprint density at radius 1 is 0.429 bits per heavy atom. The van der Waals surface area contributed by atoms with Gasteiger partial charge in [-0.15, -0.1) is 0 Å². The number of benzene rings is 5. The molecular formula is C28H22O7. The van der Waals surface area contributed by atoms with E-state index in [0.29, 0.717) is 21.5 Å². The van der Waals surface area contributed by atoms with E-state index >= 15 is 0 Å². The molecule has 5 rings (SSSR count). The molecule has 0 bridgehead atoms. The van der Waals surface area contributed by atoms with Gasteiger partial charge < -0.3 is 35.7 Å². The van der Waals surface area contributed by atoms with E-state index in [1.165, 1.54) is 36.4 Å². The third-order valence-corrected chi connectivity index (χ3v) is 6.55. The van der Waals surface area contributed by atoms with Crippen LogP contribution < -0.4 is 0 Å². The molecule has 0 aliphatic carbocycles. The molecule has 7 heteroatoms. The predicted molar refractivity (Wildman–Crippen MR) is 132 cm³/mol. The number of hydrogen-bond donors (Lipinski definition) is 7. The van der Waals surface area contributed by atoms with Crippen molar-refractivity contribution < 1.29 is 35.7 Å². The third-order valence-electron chi connectivity index (χ3n) is 6.55. The van der Waals surface area contributed by atoms with Crippen molar-refractivity contribution in [1.82, 2.24) is 0 Å². The Morgan fingerprint density at radius 2 is 0.829 bits per heavy atom. The first-order valence-corrected chi connectivity index (χ1v) is 10.8. The summed E-state index contributed by atoms with van der Waals surface area (Å²) in [5.74, 6) is -1.97. The zero-order valence-electron chi connectivity index (χ0n) is 18.6. The van der Waals surface area contributed by atoms with Gasteiger partial charge in [-0.1, -0.05) is 24.3 Å². The lowest BCUT2D eigenvalue weighted by Crippen LogP contribution is -2.27. The maximum absolute atomic E-state index is 11.2. The van der Waals surface area contributed by atoms with E-state index in [1.54, 1.807) is 31.2 Å². The van der Waals surface area contributed by atoms with Crippen LogP contribution in [0.4, 0.5) is 0 Å². The fourth-order valence-corrected chi connectivity index (χ4v) is 5.13. The van der Waals surface area contributed by atoms with Crippen LogP contribution in [-0.4, -0.2) is 35.7 Å². The Morgan fingerprint density at radius 3 is 1.26 bits per heavy atom. The molecule has 7 nitrogen and oxygen atoms in total. The van der Waals surface area contributed by atoms with Gasteiger partial charge in [0.15, 0.2) is 0 Å². The minimum atomic E-state index is -1.66.